The Balaban J connectivity index is 2.23. The van der Waals surface area contributed by atoms with Gasteiger partial charge in [0.1, 0.15) is 5.82 Å². The van der Waals surface area contributed by atoms with Crippen LogP contribution in [0, 0.1) is 0 Å². The molecule has 0 bridgehead atoms. The first-order valence-electron chi connectivity index (χ1n) is 7.80. The van der Waals surface area contributed by atoms with Crippen molar-refractivity contribution in [2.24, 2.45) is 0 Å². The van der Waals surface area contributed by atoms with E-state index in [2.05, 4.69) is 36.2 Å². The lowest BCUT2D eigenvalue weighted by atomic mass is 10.00. The maximum absolute atomic E-state index is 11.3. The number of nitrogens with one attached hydrogen (secondary N) is 1. The number of hydrogen-bond donors (Lipinski definition) is 2. The van der Waals surface area contributed by atoms with Gasteiger partial charge in [0.25, 0.3) is 0 Å². The number of anilines is 1. The second-order valence-corrected chi connectivity index (χ2v) is 5.94. The second kappa shape index (κ2) is 6.89. The molecule has 21 heavy (non-hydrogen) atoms. The highest BCUT2D eigenvalue weighted by Gasteiger charge is 2.25. The standard InChI is InChI=1S/C16H25N3O2/c1-4-6-14-9-13(16(20)21)10-15(17-14)18-19-11(2)7-5-8-12(19)3/h9-12H,4-8H2,1-3H3,(H,17,18)(H,20,21). The average Bonchev–Trinajstić information content (AvgIpc) is 2.43. The van der Waals surface area contributed by atoms with E-state index in [1.807, 2.05) is 0 Å². The van der Waals surface area contributed by atoms with Crippen LogP contribution in [-0.2, 0) is 6.42 Å². The van der Waals surface area contributed by atoms with E-state index in [1.165, 1.54) is 6.42 Å². The van der Waals surface area contributed by atoms with Gasteiger partial charge in [-0.2, -0.15) is 0 Å². The topological polar surface area (TPSA) is 65.5 Å². The van der Waals surface area contributed by atoms with E-state index in [4.69, 9.17) is 0 Å². The van der Waals surface area contributed by atoms with E-state index in [1.54, 1.807) is 12.1 Å². The molecule has 2 atom stereocenters. The Kier molecular flexibility index (Phi) is 5.17. The van der Waals surface area contributed by atoms with Gasteiger partial charge in [-0.3, -0.25) is 0 Å². The summed E-state index contributed by atoms with van der Waals surface area (Å²) in [5.74, 6) is -0.267. The van der Waals surface area contributed by atoms with Crippen LogP contribution in [0.2, 0.25) is 0 Å². The number of pyridine rings is 1. The number of hydrazine groups is 1. The molecule has 0 spiro atoms. The third-order valence-corrected chi connectivity index (χ3v) is 4.07. The lowest BCUT2D eigenvalue weighted by molar-refractivity contribution is 0.0696. The van der Waals surface area contributed by atoms with Crippen LogP contribution in [-0.4, -0.2) is 33.2 Å². The quantitative estimate of drug-likeness (QED) is 0.871. The van der Waals surface area contributed by atoms with Crippen molar-refractivity contribution in [3.8, 4) is 0 Å². The van der Waals surface area contributed by atoms with Crippen LogP contribution in [0.15, 0.2) is 12.1 Å². The van der Waals surface area contributed by atoms with Crippen LogP contribution < -0.4 is 5.43 Å². The molecule has 1 fully saturated rings. The first-order chi connectivity index (χ1) is 10.0. The fourth-order valence-electron chi connectivity index (χ4n) is 2.93. The summed E-state index contributed by atoms with van der Waals surface area (Å²) in [6.07, 6.45) is 5.28. The molecule has 0 saturated carbocycles. The van der Waals surface area contributed by atoms with Crippen LogP contribution in [0.1, 0.15) is 62.5 Å². The summed E-state index contributed by atoms with van der Waals surface area (Å²) < 4.78 is 0. The molecule has 1 saturated heterocycles. The van der Waals surface area contributed by atoms with E-state index >= 15 is 0 Å². The van der Waals surface area contributed by atoms with Crippen LogP contribution in [0.5, 0.6) is 0 Å². The van der Waals surface area contributed by atoms with Gasteiger partial charge in [0.2, 0.25) is 0 Å². The predicted molar refractivity (Wildman–Crippen MR) is 83.4 cm³/mol. The number of aromatic nitrogens is 1. The summed E-state index contributed by atoms with van der Waals surface area (Å²) in [5, 5.41) is 11.4. The Morgan fingerprint density at radius 2 is 2.05 bits per heavy atom. The van der Waals surface area contributed by atoms with Gasteiger partial charge in [0.05, 0.1) is 5.56 Å². The smallest absolute Gasteiger partial charge is 0.335 e. The van der Waals surface area contributed by atoms with Crippen molar-refractivity contribution >= 4 is 11.8 Å². The van der Waals surface area contributed by atoms with Gasteiger partial charge in [0.15, 0.2) is 0 Å². The van der Waals surface area contributed by atoms with E-state index in [0.717, 1.165) is 31.4 Å². The van der Waals surface area contributed by atoms with Crippen LogP contribution in [0.25, 0.3) is 0 Å². The zero-order valence-corrected chi connectivity index (χ0v) is 13.1. The van der Waals surface area contributed by atoms with Crippen LogP contribution in [0.3, 0.4) is 0 Å². The first-order valence-corrected chi connectivity index (χ1v) is 7.80. The van der Waals surface area contributed by atoms with E-state index in [-0.39, 0.29) is 0 Å². The van der Waals surface area contributed by atoms with Crippen molar-refractivity contribution in [2.45, 2.75) is 65.0 Å². The molecule has 1 aliphatic heterocycles. The number of hydrogen-bond acceptors (Lipinski definition) is 4. The van der Waals surface area contributed by atoms with Gasteiger partial charge < -0.3 is 10.5 Å². The largest absolute Gasteiger partial charge is 0.478 e. The van der Waals surface area contributed by atoms with Crippen molar-refractivity contribution in [3.63, 3.8) is 0 Å². The summed E-state index contributed by atoms with van der Waals surface area (Å²) in [4.78, 5) is 15.8. The number of piperidine rings is 1. The highest BCUT2D eigenvalue weighted by Crippen LogP contribution is 2.23. The fourth-order valence-corrected chi connectivity index (χ4v) is 2.93. The second-order valence-electron chi connectivity index (χ2n) is 5.94. The molecule has 0 amide bonds. The number of carbonyl (C=O) groups is 1. The SMILES string of the molecule is CCCc1cc(C(=O)O)cc(NN2C(C)CCCC2C)n1. The van der Waals surface area contributed by atoms with Gasteiger partial charge in [-0.15, -0.1) is 0 Å². The number of aromatic carboxylic acids is 1. The van der Waals surface area contributed by atoms with Crippen molar-refractivity contribution < 1.29 is 9.90 Å². The lowest BCUT2D eigenvalue weighted by Gasteiger charge is -2.39. The molecule has 2 unspecified atom stereocenters. The highest BCUT2D eigenvalue weighted by molar-refractivity contribution is 5.88. The first kappa shape index (κ1) is 15.8. The number of carboxylic acids is 1. The van der Waals surface area contributed by atoms with E-state index < -0.39 is 5.97 Å². The highest BCUT2D eigenvalue weighted by atomic mass is 16.4. The molecule has 1 aliphatic rings. The molecular formula is C16H25N3O2. The zero-order chi connectivity index (χ0) is 15.4. The monoisotopic (exact) mass is 291 g/mol. The molecule has 2 N–H and O–H groups in total. The number of aryl methyl sites for hydroxylation is 1. The van der Waals surface area contributed by atoms with Gasteiger partial charge in [-0.25, -0.2) is 14.8 Å². The number of nitrogens with zero attached hydrogens (tertiary/aromatic N) is 2. The minimum Gasteiger partial charge on any atom is -0.478 e. The summed E-state index contributed by atoms with van der Waals surface area (Å²) in [6, 6.07) is 4.15. The summed E-state index contributed by atoms with van der Waals surface area (Å²) in [6.45, 7) is 6.45. The van der Waals surface area contributed by atoms with Gasteiger partial charge in [-0.1, -0.05) is 19.8 Å². The molecule has 0 radical (unpaired) electrons. The maximum Gasteiger partial charge on any atom is 0.335 e. The van der Waals surface area contributed by atoms with Gasteiger partial charge in [-0.05, 0) is 45.2 Å². The average molecular weight is 291 g/mol. The molecule has 0 aromatic carbocycles. The third kappa shape index (κ3) is 3.94. The summed E-state index contributed by atoms with van der Waals surface area (Å²) in [7, 11) is 0. The number of rotatable bonds is 5. The van der Waals surface area contributed by atoms with Crippen molar-refractivity contribution in [1.29, 1.82) is 0 Å². The van der Waals surface area contributed by atoms with Crippen molar-refractivity contribution in [1.82, 2.24) is 9.99 Å². The number of carboxylic acid groups (broad SMARTS) is 1. The molecule has 0 aliphatic carbocycles. The maximum atomic E-state index is 11.3. The molecule has 5 nitrogen and oxygen atoms in total. The minimum atomic E-state index is -0.905. The van der Waals surface area contributed by atoms with Crippen molar-refractivity contribution in [3.05, 3.63) is 23.4 Å². The predicted octanol–water partition coefficient (Wildman–Crippen LogP) is 3.32. The molecule has 5 heteroatoms. The minimum absolute atomic E-state index is 0.299. The normalized spacial score (nSPS) is 23.0. The van der Waals surface area contributed by atoms with Gasteiger partial charge in [0, 0.05) is 17.8 Å². The Hall–Kier alpha value is -1.62. The zero-order valence-electron chi connectivity index (χ0n) is 13.1. The Bertz CT molecular complexity index is 494. The molecule has 1 aromatic rings. The van der Waals surface area contributed by atoms with Crippen LogP contribution in [0.4, 0.5) is 5.82 Å². The van der Waals surface area contributed by atoms with E-state index in [0.29, 0.717) is 23.5 Å². The Morgan fingerprint density at radius 1 is 1.38 bits per heavy atom. The molecule has 2 heterocycles. The van der Waals surface area contributed by atoms with Crippen molar-refractivity contribution in [2.75, 3.05) is 5.43 Å². The molecule has 1 aromatic heterocycles. The summed E-state index contributed by atoms with van der Waals surface area (Å²) >= 11 is 0. The molecule has 2 rings (SSSR count). The Morgan fingerprint density at radius 3 is 2.62 bits per heavy atom. The fraction of sp³-hybridized carbons (Fsp3) is 0.625. The van der Waals surface area contributed by atoms with E-state index in [9.17, 15) is 9.90 Å². The third-order valence-electron chi connectivity index (χ3n) is 4.07. The Labute approximate surface area is 126 Å². The molecule has 116 valence electrons. The van der Waals surface area contributed by atoms with Gasteiger partial charge >= 0.3 is 5.97 Å². The lowest BCUT2D eigenvalue weighted by Crippen LogP contribution is -2.47. The van der Waals surface area contributed by atoms with Crippen LogP contribution >= 0.6 is 0 Å². The molecular weight excluding hydrogens is 266 g/mol. The summed E-state index contributed by atoms with van der Waals surface area (Å²) in [5.41, 5.74) is 4.46.